The van der Waals surface area contributed by atoms with E-state index in [9.17, 15) is 4.79 Å². The van der Waals surface area contributed by atoms with Crippen LogP contribution in [0.4, 0.5) is 0 Å². The Bertz CT molecular complexity index is 499. The highest BCUT2D eigenvalue weighted by Crippen LogP contribution is 2.28. The van der Waals surface area contributed by atoms with Crippen molar-refractivity contribution >= 4 is 5.91 Å². The van der Waals surface area contributed by atoms with Gasteiger partial charge >= 0.3 is 0 Å². The molecule has 0 aromatic heterocycles. The Kier molecular flexibility index (Phi) is 7.20. The number of methoxy groups -OCH3 is 1. The zero-order chi connectivity index (χ0) is 16.5. The van der Waals surface area contributed by atoms with E-state index in [1.807, 2.05) is 19.1 Å². The summed E-state index contributed by atoms with van der Waals surface area (Å²) in [5.41, 5.74) is 1.20. The fraction of sp³-hybridized carbons (Fsp3) is 0.611. The number of amides is 1. The predicted molar refractivity (Wildman–Crippen MR) is 91.1 cm³/mol. The van der Waals surface area contributed by atoms with Gasteiger partial charge in [0.15, 0.2) is 11.5 Å². The second-order valence-electron chi connectivity index (χ2n) is 5.84. The molecule has 5 heteroatoms. The van der Waals surface area contributed by atoms with Crippen LogP contribution in [0, 0.1) is 5.92 Å². The average molecular weight is 320 g/mol. The van der Waals surface area contributed by atoms with Gasteiger partial charge in [0.1, 0.15) is 0 Å². The van der Waals surface area contributed by atoms with Crippen LogP contribution in [-0.2, 0) is 11.2 Å². The molecule has 1 aromatic rings. The highest BCUT2D eigenvalue weighted by atomic mass is 16.5. The van der Waals surface area contributed by atoms with E-state index in [1.54, 1.807) is 7.11 Å². The third kappa shape index (κ3) is 5.43. The maximum atomic E-state index is 12.1. The van der Waals surface area contributed by atoms with Crippen molar-refractivity contribution < 1.29 is 14.3 Å². The molecule has 2 N–H and O–H groups in total. The summed E-state index contributed by atoms with van der Waals surface area (Å²) in [6.45, 7) is 5.20. The maximum absolute atomic E-state index is 12.1. The van der Waals surface area contributed by atoms with Crippen molar-refractivity contribution in [3.8, 4) is 11.5 Å². The molecule has 0 spiro atoms. The van der Waals surface area contributed by atoms with Crippen molar-refractivity contribution in [2.24, 2.45) is 5.92 Å². The first-order chi connectivity index (χ1) is 11.2. The summed E-state index contributed by atoms with van der Waals surface area (Å²) in [5.74, 6) is 1.93. The minimum Gasteiger partial charge on any atom is -0.493 e. The largest absolute Gasteiger partial charge is 0.493 e. The number of aryl methyl sites for hydroxylation is 1. The van der Waals surface area contributed by atoms with Crippen molar-refractivity contribution in [3.05, 3.63) is 23.8 Å². The second kappa shape index (κ2) is 9.40. The number of hydrogen-bond acceptors (Lipinski definition) is 4. The summed E-state index contributed by atoms with van der Waals surface area (Å²) in [5, 5.41) is 6.34. The number of benzene rings is 1. The van der Waals surface area contributed by atoms with E-state index in [1.165, 1.54) is 5.56 Å². The van der Waals surface area contributed by atoms with Gasteiger partial charge in [0.25, 0.3) is 0 Å². The Hall–Kier alpha value is -1.75. The number of nitrogens with one attached hydrogen (secondary N) is 2. The number of ether oxygens (including phenoxy) is 2. The van der Waals surface area contributed by atoms with Gasteiger partial charge in [-0.2, -0.15) is 0 Å². The molecule has 1 aliphatic rings. The minimum atomic E-state index is 0.182. The van der Waals surface area contributed by atoms with Gasteiger partial charge in [-0.3, -0.25) is 4.79 Å². The lowest BCUT2D eigenvalue weighted by molar-refractivity contribution is -0.125. The molecule has 1 amide bonds. The molecule has 1 aromatic carbocycles. The van der Waals surface area contributed by atoms with Crippen LogP contribution in [0.5, 0.6) is 11.5 Å². The molecule has 1 aliphatic heterocycles. The predicted octanol–water partition coefficient (Wildman–Crippen LogP) is 2.14. The lowest BCUT2D eigenvalue weighted by Crippen LogP contribution is -2.38. The zero-order valence-electron chi connectivity index (χ0n) is 14.2. The fourth-order valence-electron chi connectivity index (χ4n) is 2.88. The highest BCUT2D eigenvalue weighted by Gasteiger charge is 2.20. The van der Waals surface area contributed by atoms with Crippen molar-refractivity contribution in [2.75, 3.05) is 33.4 Å². The van der Waals surface area contributed by atoms with Crippen LogP contribution in [0.3, 0.4) is 0 Å². The van der Waals surface area contributed by atoms with Gasteiger partial charge in [-0.15, -0.1) is 0 Å². The first-order valence-electron chi connectivity index (χ1n) is 8.52. The number of carbonyl (C=O) groups is 1. The van der Waals surface area contributed by atoms with Gasteiger partial charge in [0, 0.05) is 12.5 Å². The summed E-state index contributed by atoms with van der Waals surface area (Å²) in [7, 11) is 1.65. The molecular formula is C18H28N2O3. The summed E-state index contributed by atoms with van der Waals surface area (Å²) in [6, 6.07) is 6.01. The van der Waals surface area contributed by atoms with E-state index in [0.29, 0.717) is 6.61 Å². The first-order valence-corrected chi connectivity index (χ1v) is 8.52. The number of carbonyl (C=O) groups excluding carboxylic acids is 1. The summed E-state index contributed by atoms with van der Waals surface area (Å²) < 4.78 is 10.9. The molecule has 128 valence electrons. The lowest BCUT2D eigenvalue weighted by atomic mass is 9.97. The molecule has 1 saturated heterocycles. The van der Waals surface area contributed by atoms with Gasteiger partial charge < -0.3 is 20.1 Å². The van der Waals surface area contributed by atoms with E-state index >= 15 is 0 Å². The number of rotatable bonds is 8. The van der Waals surface area contributed by atoms with Crippen LogP contribution in [0.25, 0.3) is 0 Å². The van der Waals surface area contributed by atoms with E-state index in [-0.39, 0.29) is 11.8 Å². The molecule has 2 rings (SSSR count). The minimum absolute atomic E-state index is 0.182. The Morgan fingerprint density at radius 1 is 1.30 bits per heavy atom. The Balaban J connectivity index is 1.75. The smallest absolute Gasteiger partial charge is 0.223 e. The SMILES string of the molecule is CCOc1cc(CCCNC(=O)C2CCNCC2)ccc1OC. The summed E-state index contributed by atoms with van der Waals surface area (Å²) in [4.78, 5) is 12.1. The second-order valence-corrected chi connectivity index (χ2v) is 5.84. The molecule has 23 heavy (non-hydrogen) atoms. The van der Waals surface area contributed by atoms with Crippen LogP contribution in [0.1, 0.15) is 31.7 Å². The van der Waals surface area contributed by atoms with Crippen LogP contribution in [0.15, 0.2) is 18.2 Å². The van der Waals surface area contributed by atoms with Gasteiger partial charge in [-0.1, -0.05) is 6.07 Å². The molecular weight excluding hydrogens is 292 g/mol. The average Bonchev–Trinajstić information content (AvgIpc) is 2.60. The first kappa shape index (κ1) is 17.6. The molecule has 0 unspecified atom stereocenters. The third-order valence-electron chi connectivity index (χ3n) is 4.18. The summed E-state index contributed by atoms with van der Waals surface area (Å²) >= 11 is 0. The normalized spacial score (nSPS) is 15.2. The maximum Gasteiger partial charge on any atom is 0.223 e. The molecule has 1 heterocycles. The number of hydrogen-bond donors (Lipinski definition) is 2. The molecule has 0 bridgehead atoms. The Morgan fingerprint density at radius 3 is 2.78 bits per heavy atom. The van der Waals surface area contributed by atoms with E-state index in [2.05, 4.69) is 16.7 Å². The van der Waals surface area contributed by atoms with Crippen molar-refractivity contribution in [3.63, 3.8) is 0 Å². The quantitative estimate of drug-likeness (QED) is 0.721. The van der Waals surface area contributed by atoms with Gasteiger partial charge in [0.05, 0.1) is 13.7 Å². The Morgan fingerprint density at radius 2 is 2.09 bits per heavy atom. The van der Waals surface area contributed by atoms with Crippen molar-refractivity contribution in [2.45, 2.75) is 32.6 Å². The van der Waals surface area contributed by atoms with E-state index in [4.69, 9.17) is 9.47 Å². The van der Waals surface area contributed by atoms with Gasteiger partial charge in [-0.25, -0.2) is 0 Å². The molecule has 5 nitrogen and oxygen atoms in total. The lowest BCUT2D eigenvalue weighted by Gasteiger charge is -2.21. The molecule has 0 aliphatic carbocycles. The van der Waals surface area contributed by atoms with Crippen LogP contribution < -0.4 is 20.1 Å². The zero-order valence-corrected chi connectivity index (χ0v) is 14.2. The van der Waals surface area contributed by atoms with Crippen LogP contribution in [0.2, 0.25) is 0 Å². The van der Waals surface area contributed by atoms with Gasteiger partial charge in [-0.05, 0) is 63.4 Å². The molecule has 0 radical (unpaired) electrons. The highest BCUT2D eigenvalue weighted by molar-refractivity contribution is 5.78. The topological polar surface area (TPSA) is 59.6 Å². The van der Waals surface area contributed by atoms with E-state index < -0.39 is 0 Å². The molecule has 1 fully saturated rings. The standard InChI is InChI=1S/C18H28N2O3/c1-3-23-17-13-14(6-7-16(17)22-2)5-4-10-20-18(21)15-8-11-19-12-9-15/h6-7,13,15,19H,3-5,8-12H2,1-2H3,(H,20,21). The van der Waals surface area contributed by atoms with Crippen LogP contribution >= 0.6 is 0 Å². The monoisotopic (exact) mass is 320 g/mol. The Labute approximate surface area is 138 Å². The van der Waals surface area contributed by atoms with Gasteiger partial charge in [0.2, 0.25) is 5.91 Å². The number of piperidine rings is 1. The molecule has 0 atom stereocenters. The van der Waals surface area contributed by atoms with Crippen molar-refractivity contribution in [1.29, 1.82) is 0 Å². The van der Waals surface area contributed by atoms with Crippen LogP contribution in [-0.4, -0.2) is 39.3 Å². The molecule has 0 saturated carbocycles. The van der Waals surface area contributed by atoms with E-state index in [0.717, 1.165) is 56.8 Å². The summed E-state index contributed by atoms with van der Waals surface area (Å²) in [6.07, 6.45) is 3.73. The fourth-order valence-corrected chi connectivity index (χ4v) is 2.88. The third-order valence-corrected chi connectivity index (χ3v) is 4.18. The van der Waals surface area contributed by atoms with Crippen molar-refractivity contribution in [1.82, 2.24) is 10.6 Å².